The van der Waals surface area contributed by atoms with Crippen molar-refractivity contribution in [3.63, 3.8) is 0 Å². The first-order valence-corrected chi connectivity index (χ1v) is 14.0. The van der Waals surface area contributed by atoms with Crippen molar-refractivity contribution in [2.24, 2.45) is 0 Å². The normalized spacial score (nSPS) is 15.4. The maximum Gasteiger partial charge on any atom is 0.264 e. The second kappa shape index (κ2) is 11.2. The fraction of sp³-hybridized carbons (Fsp3) is 0.321. The van der Waals surface area contributed by atoms with Crippen LogP contribution in [-0.4, -0.2) is 52.1 Å². The lowest BCUT2D eigenvalue weighted by atomic mass is 10.1. The minimum Gasteiger partial charge on any atom is -0.486 e. The van der Waals surface area contributed by atoms with Crippen molar-refractivity contribution in [1.29, 1.82) is 0 Å². The van der Waals surface area contributed by atoms with Crippen molar-refractivity contribution in [3.8, 4) is 11.5 Å². The van der Waals surface area contributed by atoms with E-state index < -0.39 is 15.9 Å². The minimum atomic E-state index is -4.01. The van der Waals surface area contributed by atoms with E-state index in [9.17, 15) is 13.2 Å². The van der Waals surface area contributed by atoms with E-state index in [0.717, 1.165) is 29.5 Å². The van der Waals surface area contributed by atoms with Gasteiger partial charge in [0, 0.05) is 19.2 Å². The molecule has 0 spiro atoms. The third-order valence-electron chi connectivity index (χ3n) is 6.62. The summed E-state index contributed by atoms with van der Waals surface area (Å²) in [5.41, 5.74) is 2.53. The van der Waals surface area contributed by atoms with Crippen molar-refractivity contribution in [2.45, 2.75) is 30.8 Å². The van der Waals surface area contributed by atoms with E-state index in [-0.39, 0.29) is 11.4 Å². The number of hydrogen-bond acceptors (Lipinski definition) is 6. The number of amides is 1. The van der Waals surface area contributed by atoms with Gasteiger partial charge in [0.05, 0.1) is 10.6 Å². The number of nitrogens with one attached hydrogen (secondary N) is 1. The zero-order valence-electron chi connectivity index (χ0n) is 20.6. The molecule has 2 aliphatic heterocycles. The Morgan fingerprint density at radius 1 is 0.865 bits per heavy atom. The molecule has 0 aliphatic carbocycles. The van der Waals surface area contributed by atoms with Crippen molar-refractivity contribution >= 4 is 21.6 Å². The number of sulfonamides is 1. The van der Waals surface area contributed by atoms with Gasteiger partial charge in [-0.25, -0.2) is 8.42 Å². The van der Waals surface area contributed by atoms with Crippen LogP contribution in [-0.2, 0) is 27.9 Å². The second-order valence-corrected chi connectivity index (χ2v) is 11.0. The molecule has 1 saturated heterocycles. The lowest BCUT2D eigenvalue weighted by molar-refractivity contribution is -0.119. The van der Waals surface area contributed by atoms with E-state index in [1.165, 1.54) is 30.5 Å². The van der Waals surface area contributed by atoms with Crippen LogP contribution in [0.3, 0.4) is 0 Å². The Kier molecular flexibility index (Phi) is 7.62. The summed E-state index contributed by atoms with van der Waals surface area (Å²) in [6.45, 7) is 3.77. The van der Waals surface area contributed by atoms with Gasteiger partial charge >= 0.3 is 0 Å². The Morgan fingerprint density at radius 2 is 1.54 bits per heavy atom. The lowest BCUT2D eigenvalue weighted by Gasteiger charge is -2.26. The Balaban J connectivity index is 1.35. The Morgan fingerprint density at radius 3 is 2.30 bits per heavy atom. The highest BCUT2D eigenvalue weighted by molar-refractivity contribution is 7.92. The fourth-order valence-electron chi connectivity index (χ4n) is 4.67. The van der Waals surface area contributed by atoms with Crippen LogP contribution in [0.15, 0.2) is 77.7 Å². The molecule has 0 bridgehead atoms. The van der Waals surface area contributed by atoms with E-state index >= 15 is 0 Å². The fourth-order valence-corrected chi connectivity index (χ4v) is 6.10. The van der Waals surface area contributed by atoms with E-state index in [1.807, 2.05) is 18.2 Å². The van der Waals surface area contributed by atoms with Crippen LogP contribution in [0.4, 0.5) is 5.69 Å². The second-order valence-electron chi connectivity index (χ2n) is 9.18. The molecule has 37 heavy (non-hydrogen) atoms. The van der Waals surface area contributed by atoms with Gasteiger partial charge in [-0.1, -0.05) is 42.5 Å². The maximum atomic E-state index is 13.6. The lowest BCUT2D eigenvalue weighted by Crippen LogP contribution is -2.40. The van der Waals surface area contributed by atoms with Crippen LogP contribution in [0.5, 0.6) is 11.5 Å². The summed E-state index contributed by atoms with van der Waals surface area (Å²) in [4.78, 5) is 15.7. The summed E-state index contributed by atoms with van der Waals surface area (Å²) in [7, 11) is -4.01. The van der Waals surface area contributed by atoms with Gasteiger partial charge in [-0.2, -0.15) is 0 Å². The average Bonchev–Trinajstić information content (AvgIpc) is 3.44. The summed E-state index contributed by atoms with van der Waals surface area (Å²) in [6, 6.07) is 21.1. The van der Waals surface area contributed by atoms with Gasteiger partial charge in [-0.3, -0.25) is 14.0 Å². The molecule has 0 radical (unpaired) electrons. The number of carbonyl (C=O) groups is 1. The van der Waals surface area contributed by atoms with Gasteiger partial charge in [0.2, 0.25) is 5.91 Å². The molecule has 1 N–H and O–H groups in total. The number of anilines is 1. The van der Waals surface area contributed by atoms with Gasteiger partial charge in [0.1, 0.15) is 19.8 Å². The standard InChI is InChI=1S/C28H31N3O5S/c32-28(29-19-22-8-4-5-9-23(22)20-30-14-6-7-15-30)21-31(37(33,34)25-10-2-1-3-11-25)24-12-13-26-27(18-24)36-17-16-35-26/h1-5,8-13,18H,6-7,14-17,19-21H2,(H,29,32). The van der Waals surface area contributed by atoms with Crippen LogP contribution in [0, 0.1) is 0 Å². The van der Waals surface area contributed by atoms with E-state index in [1.54, 1.807) is 36.4 Å². The molecule has 9 heteroatoms. The first kappa shape index (κ1) is 25.1. The monoisotopic (exact) mass is 521 g/mol. The van der Waals surface area contributed by atoms with E-state index in [2.05, 4.69) is 16.3 Å². The number of fused-ring (bicyclic) bond motifs is 1. The Labute approximate surface area is 217 Å². The van der Waals surface area contributed by atoms with Gasteiger partial charge in [-0.15, -0.1) is 0 Å². The number of ether oxygens (including phenoxy) is 2. The van der Waals surface area contributed by atoms with Gasteiger partial charge < -0.3 is 14.8 Å². The molecule has 0 atom stereocenters. The number of rotatable bonds is 9. The minimum absolute atomic E-state index is 0.105. The highest BCUT2D eigenvalue weighted by Gasteiger charge is 2.28. The first-order valence-electron chi connectivity index (χ1n) is 12.5. The highest BCUT2D eigenvalue weighted by atomic mass is 32.2. The molecule has 3 aromatic carbocycles. The third kappa shape index (κ3) is 5.89. The van der Waals surface area contributed by atoms with Crippen LogP contribution < -0.4 is 19.1 Å². The molecule has 3 aromatic rings. The quantitative estimate of drug-likeness (QED) is 0.463. The molecular formula is C28H31N3O5S. The molecule has 2 heterocycles. The number of carbonyl (C=O) groups excluding carboxylic acids is 1. The summed E-state index contributed by atoms with van der Waals surface area (Å²) in [5.74, 6) is 0.602. The molecular weight excluding hydrogens is 490 g/mol. The van der Waals surface area contributed by atoms with E-state index in [4.69, 9.17) is 9.47 Å². The van der Waals surface area contributed by atoms with Gasteiger partial charge in [0.25, 0.3) is 10.0 Å². The zero-order chi connectivity index (χ0) is 25.7. The van der Waals surface area contributed by atoms with Gasteiger partial charge in [0.15, 0.2) is 11.5 Å². The topological polar surface area (TPSA) is 88.2 Å². The summed E-state index contributed by atoms with van der Waals surface area (Å²) in [5, 5.41) is 2.93. The predicted molar refractivity (Wildman–Crippen MR) is 141 cm³/mol. The molecule has 5 rings (SSSR count). The zero-order valence-corrected chi connectivity index (χ0v) is 21.5. The molecule has 194 valence electrons. The third-order valence-corrected chi connectivity index (χ3v) is 8.41. The largest absolute Gasteiger partial charge is 0.486 e. The van der Waals surface area contributed by atoms with E-state index in [0.29, 0.717) is 36.9 Å². The molecule has 1 fully saturated rings. The van der Waals surface area contributed by atoms with Crippen LogP contribution in [0.2, 0.25) is 0 Å². The Bertz CT molecular complexity index is 1340. The predicted octanol–water partition coefficient (Wildman–Crippen LogP) is 3.57. The maximum absolute atomic E-state index is 13.6. The van der Waals surface area contributed by atoms with Crippen molar-refractivity contribution < 1.29 is 22.7 Å². The van der Waals surface area contributed by atoms with Gasteiger partial charge in [-0.05, 0) is 61.3 Å². The number of hydrogen-bond donors (Lipinski definition) is 1. The number of benzene rings is 3. The SMILES string of the molecule is O=C(CN(c1ccc2c(c1)OCCO2)S(=O)(=O)c1ccccc1)NCc1ccccc1CN1CCCC1. The van der Waals surface area contributed by atoms with Crippen molar-refractivity contribution in [1.82, 2.24) is 10.2 Å². The molecule has 0 unspecified atom stereocenters. The highest BCUT2D eigenvalue weighted by Crippen LogP contribution is 2.35. The number of likely N-dealkylation sites (tertiary alicyclic amines) is 1. The smallest absolute Gasteiger partial charge is 0.264 e. The molecule has 0 saturated carbocycles. The van der Waals surface area contributed by atoms with Crippen LogP contribution >= 0.6 is 0 Å². The van der Waals surface area contributed by atoms with Crippen molar-refractivity contribution in [2.75, 3.05) is 37.2 Å². The van der Waals surface area contributed by atoms with Crippen molar-refractivity contribution in [3.05, 3.63) is 83.9 Å². The Hall–Kier alpha value is -3.56. The molecule has 8 nitrogen and oxygen atoms in total. The average molecular weight is 522 g/mol. The van der Waals surface area contributed by atoms with Crippen LogP contribution in [0.25, 0.3) is 0 Å². The number of nitrogens with zero attached hydrogens (tertiary/aromatic N) is 2. The molecule has 2 aliphatic rings. The first-order chi connectivity index (χ1) is 18.0. The summed E-state index contributed by atoms with van der Waals surface area (Å²) >= 11 is 0. The molecule has 0 aromatic heterocycles. The summed E-state index contributed by atoms with van der Waals surface area (Å²) in [6.07, 6.45) is 2.43. The van der Waals surface area contributed by atoms with Crippen LogP contribution in [0.1, 0.15) is 24.0 Å². The summed E-state index contributed by atoms with van der Waals surface area (Å²) < 4.78 is 39.6. The molecule has 1 amide bonds.